The Morgan fingerprint density at radius 1 is 0.973 bits per heavy atom. The molecular weight excluding hydrogens is 504 g/mol. The third-order valence-corrected chi connectivity index (χ3v) is 9.89. The number of fused-ring (bicyclic) bond motifs is 1. The van der Waals surface area contributed by atoms with Crippen molar-refractivity contribution in [2.45, 2.75) is 34.4 Å². The van der Waals surface area contributed by atoms with E-state index in [-0.39, 0.29) is 29.7 Å². The van der Waals surface area contributed by atoms with Crippen LogP contribution in [0.5, 0.6) is 0 Å². The number of esters is 1. The standard InChI is InChI=1S/C29H28N2O4S2/c1-19(32)30-27-29(36-2,18-31-25(33)23(26(31)37-27)20-12-6-3-7-13-20)28(34)35-24(21-14-8-4-9-15-21)22-16-10-5-11-17-22/h3-17,23-24,26-27H,18H2,1-2H3,(H,30,32)/t23?,26-,27?,29?/m1/s1. The number of carbonyl (C=O) groups is 3. The summed E-state index contributed by atoms with van der Waals surface area (Å²) in [7, 11) is 0. The summed E-state index contributed by atoms with van der Waals surface area (Å²) in [6.45, 7) is 1.61. The quantitative estimate of drug-likeness (QED) is 0.355. The van der Waals surface area contributed by atoms with Gasteiger partial charge in [-0.2, -0.15) is 0 Å². The van der Waals surface area contributed by atoms with Gasteiger partial charge in [-0.3, -0.25) is 14.4 Å². The fraction of sp³-hybridized carbons (Fsp3) is 0.276. The second-order valence-electron chi connectivity index (χ2n) is 9.16. The SMILES string of the molecule is CSC1(C(=O)OC(c2ccccc2)c2ccccc2)CN2C(=O)C(c3ccccc3)[C@H]2SC1NC(C)=O. The van der Waals surface area contributed by atoms with Gasteiger partial charge in [0.2, 0.25) is 11.8 Å². The first kappa shape index (κ1) is 25.4. The summed E-state index contributed by atoms with van der Waals surface area (Å²) in [5.41, 5.74) is 2.63. The Labute approximate surface area is 225 Å². The van der Waals surface area contributed by atoms with Gasteiger partial charge < -0.3 is 15.0 Å². The lowest BCUT2D eigenvalue weighted by molar-refractivity contribution is -0.155. The van der Waals surface area contributed by atoms with Crippen LogP contribution in [-0.4, -0.2) is 51.0 Å². The zero-order valence-electron chi connectivity index (χ0n) is 20.6. The molecule has 2 amide bonds. The van der Waals surface area contributed by atoms with Crippen LogP contribution >= 0.6 is 23.5 Å². The molecule has 0 saturated carbocycles. The molecule has 0 aromatic heterocycles. The maximum Gasteiger partial charge on any atom is 0.328 e. The molecule has 1 N–H and O–H groups in total. The van der Waals surface area contributed by atoms with Gasteiger partial charge in [0, 0.05) is 6.92 Å². The third-order valence-electron chi connectivity index (χ3n) is 6.88. The summed E-state index contributed by atoms with van der Waals surface area (Å²) >= 11 is 2.76. The maximum atomic E-state index is 14.1. The molecule has 3 aromatic rings. The molecule has 2 saturated heterocycles. The van der Waals surface area contributed by atoms with E-state index in [1.807, 2.05) is 97.3 Å². The Morgan fingerprint density at radius 2 is 1.51 bits per heavy atom. The average Bonchev–Trinajstić information content (AvgIpc) is 2.93. The van der Waals surface area contributed by atoms with Crippen LogP contribution < -0.4 is 5.32 Å². The summed E-state index contributed by atoms with van der Waals surface area (Å²) in [5, 5.41) is 2.26. The average molecular weight is 533 g/mol. The number of β-lactam (4-membered cyclic amide) rings is 1. The zero-order valence-corrected chi connectivity index (χ0v) is 22.2. The lowest BCUT2D eigenvalue weighted by Crippen LogP contribution is -2.72. The van der Waals surface area contributed by atoms with Crippen molar-refractivity contribution in [3.05, 3.63) is 108 Å². The van der Waals surface area contributed by atoms with Gasteiger partial charge in [0.1, 0.15) is 5.37 Å². The minimum Gasteiger partial charge on any atom is -0.451 e. The van der Waals surface area contributed by atoms with E-state index < -0.39 is 22.2 Å². The molecule has 190 valence electrons. The molecule has 2 aliphatic heterocycles. The molecule has 0 spiro atoms. The van der Waals surface area contributed by atoms with Gasteiger partial charge in [-0.25, -0.2) is 0 Å². The molecule has 2 heterocycles. The van der Waals surface area contributed by atoms with Crippen molar-refractivity contribution in [2.24, 2.45) is 0 Å². The molecule has 6 nitrogen and oxygen atoms in total. The molecule has 5 rings (SSSR count). The first-order valence-electron chi connectivity index (χ1n) is 12.1. The van der Waals surface area contributed by atoms with E-state index >= 15 is 0 Å². The first-order valence-corrected chi connectivity index (χ1v) is 14.3. The molecule has 4 atom stereocenters. The Kier molecular flexibility index (Phi) is 7.31. The molecule has 8 heteroatoms. The van der Waals surface area contributed by atoms with Crippen LogP contribution in [0.3, 0.4) is 0 Å². The van der Waals surface area contributed by atoms with Crippen molar-refractivity contribution in [1.29, 1.82) is 0 Å². The van der Waals surface area contributed by atoms with Crippen molar-refractivity contribution in [3.63, 3.8) is 0 Å². The Bertz CT molecular complexity index is 1240. The van der Waals surface area contributed by atoms with Gasteiger partial charge in [0.05, 0.1) is 17.8 Å². The second kappa shape index (κ2) is 10.6. The first-order chi connectivity index (χ1) is 17.9. The van der Waals surface area contributed by atoms with Gasteiger partial charge in [0.25, 0.3) is 0 Å². The molecule has 0 radical (unpaired) electrons. The topological polar surface area (TPSA) is 75.7 Å². The molecule has 2 fully saturated rings. The van der Waals surface area contributed by atoms with Gasteiger partial charge in [-0.15, -0.1) is 23.5 Å². The van der Waals surface area contributed by atoms with Crippen LogP contribution in [0, 0.1) is 0 Å². The summed E-state index contributed by atoms with van der Waals surface area (Å²) in [4.78, 5) is 41.4. The summed E-state index contributed by atoms with van der Waals surface area (Å²) in [6, 6.07) is 28.8. The predicted octanol–water partition coefficient (Wildman–Crippen LogP) is 4.58. The van der Waals surface area contributed by atoms with Crippen LogP contribution in [-0.2, 0) is 19.1 Å². The largest absolute Gasteiger partial charge is 0.451 e. The number of carbonyl (C=O) groups excluding carboxylic acids is 3. The molecule has 37 heavy (non-hydrogen) atoms. The normalized spacial score (nSPS) is 24.7. The molecule has 0 bridgehead atoms. The smallest absolute Gasteiger partial charge is 0.328 e. The van der Waals surface area contributed by atoms with Gasteiger partial charge in [0.15, 0.2) is 10.9 Å². The van der Waals surface area contributed by atoms with Crippen molar-refractivity contribution in [3.8, 4) is 0 Å². The van der Waals surface area contributed by atoms with Crippen LogP contribution in [0.1, 0.15) is 35.6 Å². The fourth-order valence-electron chi connectivity index (χ4n) is 4.95. The minimum atomic E-state index is -1.17. The molecule has 0 aliphatic carbocycles. The number of benzene rings is 3. The second-order valence-corrected chi connectivity index (χ2v) is 11.5. The molecule has 2 aliphatic rings. The number of amides is 2. The van der Waals surface area contributed by atoms with Gasteiger partial charge in [-0.1, -0.05) is 91.0 Å². The lowest BCUT2D eigenvalue weighted by atomic mass is 9.88. The molecule has 3 unspecified atom stereocenters. The Morgan fingerprint density at radius 3 is 2.03 bits per heavy atom. The number of hydrogen-bond acceptors (Lipinski definition) is 6. The fourth-order valence-corrected chi connectivity index (χ4v) is 7.82. The van der Waals surface area contributed by atoms with Crippen molar-refractivity contribution in [1.82, 2.24) is 10.2 Å². The number of hydrogen-bond donors (Lipinski definition) is 1. The van der Waals surface area contributed by atoms with Gasteiger partial charge in [-0.05, 0) is 22.9 Å². The Hall–Kier alpha value is -3.23. The van der Waals surface area contributed by atoms with E-state index in [1.54, 1.807) is 4.90 Å². The van der Waals surface area contributed by atoms with Crippen molar-refractivity contribution < 1.29 is 19.1 Å². The summed E-state index contributed by atoms with van der Waals surface area (Å²) in [6.07, 6.45) is 1.21. The lowest BCUT2D eigenvalue weighted by Gasteiger charge is -2.56. The van der Waals surface area contributed by atoms with Crippen LogP contribution in [0.2, 0.25) is 0 Å². The number of ether oxygens (including phenoxy) is 1. The van der Waals surface area contributed by atoms with E-state index in [2.05, 4.69) is 5.32 Å². The summed E-state index contributed by atoms with van der Waals surface area (Å²) in [5.74, 6) is -1.02. The minimum absolute atomic E-state index is 0.0149. The predicted molar refractivity (Wildman–Crippen MR) is 147 cm³/mol. The highest BCUT2D eigenvalue weighted by molar-refractivity contribution is 8.05. The molecule has 3 aromatic carbocycles. The van der Waals surface area contributed by atoms with Crippen LogP contribution in [0.4, 0.5) is 0 Å². The number of rotatable bonds is 7. The maximum absolute atomic E-state index is 14.1. The van der Waals surface area contributed by atoms with Crippen LogP contribution in [0.15, 0.2) is 91.0 Å². The van der Waals surface area contributed by atoms with E-state index in [0.29, 0.717) is 0 Å². The number of nitrogens with zero attached hydrogens (tertiary/aromatic N) is 1. The van der Waals surface area contributed by atoms with E-state index in [0.717, 1.165) is 16.7 Å². The highest BCUT2D eigenvalue weighted by Gasteiger charge is 2.62. The van der Waals surface area contributed by atoms with E-state index in [4.69, 9.17) is 4.74 Å². The monoisotopic (exact) mass is 532 g/mol. The van der Waals surface area contributed by atoms with E-state index in [1.165, 1.54) is 30.4 Å². The van der Waals surface area contributed by atoms with Crippen molar-refractivity contribution >= 4 is 41.3 Å². The van der Waals surface area contributed by atoms with E-state index in [9.17, 15) is 14.4 Å². The number of thioether (sulfide) groups is 2. The molecular formula is C29H28N2O4S2. The van der Waals surface area contributed by atoms with Crippen molar-refractivity contribution in [2.75, 3.05) is 12.8 Å². The van der Waals surface area contributed by atoms with Crippen LogP contribution in [0.25, 0.3) is 0 Å². The van der Waals surface area contributed by atoms with Gasteiger partial charge >= 0.3 is 5.97 Å². The third kappa shape index (κ3) is 4.76. The number of nitrogens with one attached hydrogen (secondary N) is 1. The summed E-state index contributed by atoms with van der Waals surface area (Å²) < 4.78 is 5.09. The highest BCUT2D eigenvalue weighted by atomic mass is 32.2. The zero-order chi connectivity index (χ0) is 26.0. The highest BCUT2D eigenvalue weighted by Crippen LogP contribution is 2.53. The Balaban J connectivity index is 1.47.